The number of aromatic nitrogens is 1. The van der Waals surface area contributed by atoms with Crippen LogP contribution in [0.2, 0.25) is 0 Å². The lowest BCUT2D eigenvalue weighted by atomic mass is 10.0. The van der Waals surface area contributed by atoms with Gasteiger partial charge in [-0.25, -0.2) is 0 Å². The summed E-state index contributed by atoms with van der Waals surface area (Å²) in [4.78, 5) is 15.7. The average molecular weight is 222 g/mol. The first-order valence-corrected chi connectivity index (χ1v) is 5.43. The third kappa shape index (κ3) is 3.62. The lowest BCUT2D eigenvalue weighted by Crippen LogP contribution is -2.32. The van der Waals surface area contributed by atoms with Crippen LogP contribution < -0.4 is 5.32 Å². The summed E-state index contributed by atoms with van der Waals surface area (Å²) in [5.41, 5.74) is 0.900. The molecule has 1 aromatic rings. The van der Waals surface area contributed by atoms with Gasteiger partial charge in [0.15, 0.2) is 0 Å². The van der Waals surface area contributed by atoms with Crippen molar-refractivity contribution in [2.24, 2.45) is 5.92 Å². The fraction of sp³-hybridized carbons (Fsp3) is 0.500. The van der Waals surface area contributed by atoms with Gasteiger partial charge in [-0.2, -0.15) is 0 Å². The number of nitrogens with one attached hydrogen (secondary N) is 1. The Labute approximate surface area is 95.7 Å². The predicted octanol–water partition coefficient (Wildman–Crippen LogP) is 0.930. The average Bonchev–Trinajstić information content (AvgIpc) is 2.35. The van der Waals surface area contributed by atoms with E-state index in [0.717, 1.165) is 5.56 Å². The minimum atomic E-state index is -0.209. The molecular weight excluding hydrogens is 204 g/mol. The zero-order valence-electron chi connectivity index (χ0n) is 9.68. The molecule has 0 aromatic carbocycles. The van der Waals surface area contributed by atoms with Gasteiger partial charge in [-0.15, -0.1) is 0 Å². The Morgan fingerprint density at radius 1 is 1.56 bits per heavy atom. The zero-order valence-corrected chi connectivity index (χ0v) is 9.68. The van der Waals surface area contributed by atoms with Crippen molar-refractivity contribution in [3.8, 4) is 0 Å². The van der Waals surface area contributed by atoms with Crippen molar-refractivity contribution in [3.63, 3.8) is 0 Å². The first-order chi connectivity index (χ1) is 7.65. The van der Waals surface area contributed by atoms with Crippen molar-refractivity contribution in [3.05, 3.63) is 30.1 Å². The third-order valence-electron chi connectivity index (χ3n) is 2.51. The predicted molar refractivity (Wildman–Crippen MR) is 61.9 cm³/mol. The number of amides is 1. The molecule has 1 amide bonds. The second-order valence-electron chi connectivity index (χ2n) is 4.04. The van der Waals surface area contributed by atoms with Crippen LogP contribution in [-0.2, 0) is 4.79 Å². The van der Waals surface area contributed by atoms with E-state index < -0.39 is 0 Å². The van der Waals surface area contributed by atoms with Crippen LogP contribution in [0.15, 0.2) is 24.5 Å². The molecule has 0 radical (unpaired) electrons. The van der Waals surface area contributed by atoms with E-state index in [4.69, 9.17) is 5.11 Å². The summed E-state index contributed by atoms with van der Waals surface area (Å²) < 4.78 is 0. The van der Waals surface area contributed by atoms with E-state index in [1.807, 2.05) is 26.0 Å². The van der Waals surface area contributed by atoms with Gasteiger partial charge in [0.25, 0.3) is 0 Å². The van der Waals surface area contributed by atoms with E-state index in [-0.39, 0.29) is 24.3 Å². The molecule has 88 valence electrons. The molecule has 0 bridgehead atoms. The molecule has 0 saturated carbocycles. The largest absolute Gasteiger partial charge is 0.396 e. The standard InChI is InChI=1S/C12H18N2O2/c1-9(8-15)6-14-12(16)10(2)11-4-3-5-13-7-11/h3-5,7,9-10,15H,6,8H2,1-2H3,(H,14,16). The highest BCUT2D eigenvalue weighted by Crippen LogP contribution is 2.13. The van der Waals surface area contributed by atoms with Crippen LogP contribution in [0, 0.1) is 5.92 Å². The molecule has 0 saturated heterocycles. The number of hydrogen-bond acceptors (Lipinski definition) is 3. The first-order valence-electron chi connectivity index (χ1n) is 5.43. The molecule has 2 atom stereocenters. The summed E-state index contributed by atoms with van der Waals surface area (Å²) >= 11 is 0. The number of hydrogen-bond donors (Lipinski definition) is 2. The SMILES string of the molecule is CC(CO)CNC(=O)C(C)c1cccnc1. The smallest absolute Gasteiger partial charge is 0.227 e. The molecule has 16 heavy (non-hydrogen) atoms. The molecule has 1 heterocycles. The lowest BCUT2D eigenvalue weighted by Gasteiger charge is -2.14. The number of carbonyl (C=O) groups is 1. The monoisotopic (exact) mass is 222 g/mol. The van der Waals surface area contributed by atoms with E-state index in [2.05, 4.69) is 10.3 Å². The number of carbonyl (C=O) groups excluding carboxylic acids is 1. The molecule has 0 aliphatic rings. The molecule has 4 heteroatoms. The minimum absolute atomic E-state index is 0.0340. The molecule has 1 rings (SSSR count). The van der Waals surface area contributed by atoms with E-state index in [1.54, 1.807) is 12.4 Å². The maximum atomic E-state index is 11.7. The number of rotatable bonds is 5. The molecule has 2 N–H and O–H groups in total. The van der Waals surface area contributed by atoms with Crippen LogP contribution in [0.1, 0.15) is 25.3 Å². The second-order valence-corrected chi connectivity index (χ2v) is 4.04. The molecule has 0 fully saturated rings. The highest BCUT2D eigenvalue weighted by molar-refractivity contribution is 5.83. The van der Waals surface area contributed by atoms with E-state index in [9.17, 15) is 4.79 Å². The van der Waals surface area contributed by atoms with Gasteiger partial charge in [0, 0.05) is 25.5 Å². The Balaban J connectivity index is 2.49. The molecular formula is C12H18N2O2. The van der Waals surface area contributed by atoms with Crippen molar-refractivity contribution in [2.45, 2.75) is 19.8 Å². The van der Waals surface area contributed by atoms with Crippen molar-refractivity contribution >= 4 is 5.91 Å². The van der Waals surface area contributed by atoms with E-state index >= 15 is 0 Å². The van der Waals surface area contributed by atoms with Crippen molar-refractivity contribution in [1.82, 2.24) is 10.3 Å². The summed E-state index contributed by atoms with van der Waals surface area (Å²) in [5.74, 6) is -0.155. The molecule has 1 aromatic heterocycles. The molecule has 0 aliphatic carbocycles. The molecule has 2 unspecified atom stereocenters. The highest BCUT2D eigenvalue weighted by Gasteiger charge is 2.15. The van der Waals surface area contributed by atoms with Gasteiger partial charge in [-0.3, -0.25) is 9.78 Å². The Hall–Kier alpha value is -1.42. The first kappa shape index (κ1) is 12.6. The zero-order chi connectivity index (χ0) is 12.0. The second kappa shape index (κ2) is 6.23. The molecule has 0 aliphatic heterocycles. The number of nitrogens with zero attached hydrogens (tertiary/aromatic N) is 1. The molecule has 4 nitrogen and oxygen atoms in total. The van der Waals surface area contributed by atoms with Crippen LogP contribution in [0.25, 0.3) is 0 Å². The number of aliphatic hydroxyl groups is 1. The summed E-state index contributed by atoms with van der Waals surface area (Å²) in [7, 11) is 0. The van der Waals surface area contributed by atoms with Gasteiger partial charge in [0.05, 0.1) is 5.92 Å². The lowest BCUT2D eigenvalue weighted by molar-refractivity contribution is -0.122. The minimum Gasteiger partial charge on any atom is -0.396 e. The summed E-state index contributed by atoms with van der Waals surface area (Å²) in [6.45, 7) is 4.31. The van der Waals surface area contributed by atoms with Gasteiger partial charge >= 0.3 is 0 Å². The van der Waals surface area contributed by atoms with Crippen LogP contribution in [0.5, 0.6) is 0 Å². The normalized spacial score (nSPS) is 14.2. The van der Waals surface area contributed by atoms with Crippen LogP contribution in [-0.4, -0.2) is 29.1 Å². The van der Waals surface area contributed by atoms with Crippen molar-refractivity contribution < 1.29 is 9.90 Å². The van der Waals surface area contributed by atoms with Gasteiger partial charge in [-0.05, 0) is 24.5 Å². The van der Waals surface area contributed by atoms with Gasteiger partial charge < -0.3 is 10.4 Å². The van der Waals surface area contributed by atoms with Crippen molar-refractivity contribution in [2.75, 3.05) is 13.2 Å². The maximum Gasteiger partial charge on any atom is 0.227 e. The Morgan fingerprint density at radius 3 is 2.88 bits per heavy atom. The fourth-order valence-electron chi connectivity index (χ4n) is 1.28. The van der Waals surface area contributed by atoms with Crippen LogP contribution in [0.4, 0.5) is 0 Å². The highest BCUT2D eigenvalue weighted by atomic mass is 16.3. The quantitative estimate of drug-likeness (QED) is 0.779. The topological polar surface area (TPSA) is 62.2 Å². The summed E-state index contributed by atoms with van der Waals surface area (Å²) in [6.07, 6.45) is 3.38. The summed E-state index contributed by atoms with van der Waals surface area (Å²) in [6, 6.07) is 3.70. The van der Waals surface area contributed by atoms with Crippen LogP contribution in [0.3, 0.4) is 0 Å². The fourth-order valence-corrected chi connectivity index (χ4v) is 1.28. The third-order valence-corrected chi connectivity index (χ3v) is 2.51. The van der Waals surface area contributed by atoms with Gasteiger partial charge in [0.1, 0.15) is 0 Å². The Kier molecular flexibility index (Phi) is 4.92. The van der Waals surface area contributed by atoms with Gasteiger partial charge in [0.2, 0.25) is 5.91 Å². The Morgan fingerprint density at radius 2 is 2.31 bits per heavy atom. The number of aliphatic hydroxyl groups excluding tert-OH is 1. The van der Waals surface area contributed by atoms with Crippen LogP contribution >= 0.6 is 0 Å². The van der Waals surface area contributed by atoms with E-state index in [1.165, 1.54) is 0 Å². The summed E-state index contributed by atoms with van der Waals surface area (Å²) in [5, 5.41) is 11.6. The molecule has 0 spiro atoms. The van der Waals surface area contributed by atoms with Gasteiger partial charge in [-0.1, -0.05) is 13.0 Å². The maximum absolute atomic E-state index is 11.7. The number of pyridine rings is 1. The Bertz CT molecular complexity index is 327. The van der Waals surface area contributed by atoms with E-state index in [0.29, 0.717) is 6.54 Å². The van der Waals surface area contributed by atoms with Crippen molar-refractivity contribution in [1.29, 1.82) is 0 Å².